The Labute approximate surface area is 139 Å². The summed E-state index contributed by atoms with van der Waals surface area (Å²) in [5.41, 5.74) is 1.31. The first-order valence-electron chi connectivity index (χ1n) is 7.79. The average molecular weight is 328 g/mol. The Hall–Kier alpha value is -2.80. The molecule has 1 aromatic carbocycles. The number of nitrogens with zero attached hydrogens (tertiary/aromatic N) is 2. The van der Waals surface area contributed by atoms with Gasteiger partial charge in [0.15, 0.2) is 0 Å². The van der Waals surface area contributed by atoms with Crippen molar-refractivity contribution >= 4 is 17.3 Å². The summed E-state index contributed by atoms with van der Waals surface area (Å²) < 4.78 is 0. The highest BCUT2D eigenvalue weighted by Gasteiger charge is 2.15. The van der Waals surface area contributed by atoms with Crippen LogP contribution in [0.3, 0.4) is 0 Å². The number of piperazine rings is 1. The molecule has 1 saturated heterocycles. The Bertz CT molecular complexity index is 777. The van der Waals surface area contributed by atoms with E-state index in [9.17, 15) is 14.7 Å². The van der Waals surface area contributed by atoms with Crippen molar-refractivity contribution in [2.75, 3.05) is 43.4 Å². The number of aromatic amines is 1. The van der Waals surface area contributed by atoms with Gasteiger partial charge in [-0.05, 0) is 31.3 Å². The number of rotatable bonds is 3. The molecular formula is C17H20N4O3. The van der Waals surface area contributed by atoms with Crippen molar-refractivity contribution in [2.45, 2.75) is 0 Å². The molecule has 1 aliphatic rings. The number of carbonyl (C=O) groups is 1. The molecule has 0 atom stereocenters. The molecule has 2 heterocycles. The maximum absolute atomic E-state index is 12.2. The molecule has 0 bridgehead atoms. The van der Waals surface area contributed by atoms with Gasteiger partial charge in [0, 0.05) is 49.8 Å². The van der Waals surface area contributed by atoms with E-state index in [1.165, 1.54) is 6.20 Å². The van der Waals surface area contributed by atoms with Gasteiger partial charge in [-0.1, -0.05) is 0 Å². The minimum absolute atomic E-state index is 0.0257. The first-order valence-corrected chi connectivity index (χ1v) is 7.79. The van der Waals surface area contributed by atoms with Crippen LogP contribution in [0.15, 0.2) is 41.3 Å². The number of hydrogen-bond donors (Lipinski definition) is 3. The summed E-state index contributed by atoms with van der Waals surface area (Å²) in [6.07, 6.45) is 1.20. The number of H-pyrrole nitrogens is 1. The van der Waals surface area contributed by atoms with Crippen LogP contribution >= 0.6 is 0 Å². The first-order chi connectivity index (χ1) is 11.5. The number of benzene rings is 1. The molecule has 0 spiro atoms. The van der Waals surface area contributed by atoms with Crippen LogP contribution in [0.2, 0.25) is 0 Å². The molecule has 1 amide bonds. The molecule has 1 fully saturated rings. The van der Waals surface area contributed by atoms with E-state index in [-0.39, 0.29) is 11.3 Å². The van der Waals surface area contributed by atoms with Crippen molar-refractivity contribution in [3.05, 3.63) is 52.4 Å². The molecule has 7 nitrogen and oxygen atoms in total. The molecule has 3 N–H and O–H groups in total. The van der Waals surface area contributed by atoms with E-state index in [2.05, 4.69) is 27.1 Å². The minimum atomic E-state index is -0.476. The van der Waals surface area contributed by atoms with E-state index >= 15 is 0 Å². The monoisotopic (exact) mass is 328 g/mol. The highest BCUT2D eigenvalue weighted by atomic mass is 16.3. The molecule has 24 heavy (non-hydrogen) atoms. The van der Waals surface area contributed by atoms with Gasteiger partial charge in [-0.15, -0.1) is 0 Å². The molecule has 3 rings (SSSR count). The van der Waals surface area contributed by atoms with Crippen LogP contribution in [0.25, 0.3) is 0 Å². The standard InChI is InChI=1S/C17H20N4O3/c1-20-6-8-21(9-7-20)13-4-2-12(3-5-13)19-17(24)14-11-18-16(23)10-15(14)22/h2-5,10-11H,6-9H2,1H3,(H,19,24)(H2,18,22,23). The van der Waals surface area contributed by atoms with Crippen molar-refractivity contribution in [1.29, 1.82) is 0 Å². The fourth-order valence-corrected chi connectivity index (χ4v) is 2.66. The molecule has 2 aromatic rings. The lowest BCUT2D eigenvalue weighted by Crippen LogP contribution is -2.44. The highest BCUT2D eigenvalue weighted by molar-refractivity contribution is 6.05. The summed E-state index contributed by atoms with van der Waals surface area (Å²) in [5.74, 6) is -0.818. The lowest BCUT2D eigenvalue weighted by atomic mass is 10.2. The quantitative estimate of drug-likeness (QED) is 0.785. The number of likely N-dealkylation sites (N-methyl/N-ethyl adjacent to an activating group) is 1. The lowest BCUT2D eigenvalue weighted by Gasteiger charge is -2.34. The van der Waals surface area contributed by atoms with Crippen molar-refractivity contribution < 1.29 is 9.90 Å². The normalized spacial score (nSPS) is 15.3. The fraction of sp³-hybridized carbons (Fsp3) is 0.294. The van der Waals surface area contributed by atoms with E-state index in [0.29, 0.717) is 5.69 Å². The number of hydrogen-bond acceptors (Lipinski definition) is 5. The Morgan fingerprint density at radius 1 is 1.17 bits per heavy atom. The molecule has 0 aliphatic carbocycles. The smallest absolute Gasteiger partial charge is 0.260 e. The summed E-state index contributed by atoms with van der Waals surface area (Å²) in [6, 6.07) is 8.56. The van der Waals surface area contributed by atoms with Crippen LogP contribution in [0.1, 0.15) is 10.4 Å². The Balaban J connectivity index is 1.67. The van der Waals surface area contributed by atoms with Gasteiger partial charge in [0.2, 0.25) is 0 Å². The average Bonchev–Trinajstić information content (AvgIpc) is 2.56. The third-order valence-electron chi connectivity index (χ3n) is 4.14. The van der Waals surface area contributed by atoms with Gasteiger partial charge in [0.1, 0.15) is 5.75 Å². The predicted molar refractivity (Wildman–Crippen MR) is 92.8 cm³/mol. The van der Waals surface area contributed by atoms with E-state index in [1.807, 2.05) is 24.3 Å². The number of nitrogens with one attached hydrogen (secondary N) is 2. The van der Waals surface area contributed by atoms with Gasteiger partial charge in [-0.25, -0.2) is 0 Å². The van der Waals surface area contributed by atoms with Crippen molar-refractivity contribution in [3.8, 4) is 5.75 Å². The highest BCUT2D eigenvalue weighted by Crippen LogP contribution is 2.20. The van der Waals surface area contributed by atoms with Gasteiger partial charge in [-0.2, -0.15) is 0 Å². The van der Waals surface area contributed by atoms with Gasteiger partial charge in [-0.3, -0.25) is 9.59 Å². The Morgan fingerprint density at radius 2 is 1.83 bits per heavy atom. The van der Waals surface area contributed by atoms with Crippen LogP contribution in [0.4, 0.5) is 11.4 Å². The Morgan fingerprint density at radius 3 is 2.46 bits per heavy atom. The molecule has 1 aliphatic heterocycles. The van der Waals surface area contributed by atoms with Crippen LogP contribution in [-0.4, -0.2) is 54.1 Å². The van der Waals surface area contributed by atoms with E-state index in [4.69, 9.17) is 0 Å². The number of amides is 1. The van der Waals surface area contributed by atoms with Crippen molar-refractivity contribution in [3.63, 3.8) is 0 Å². The molecule has 0 radical (unpaired) electrons. The summed E-state index contributed by atoms with van der Waals surface area (Å²) in [4.78, 5) is 30.2. The van der Waals surface area contributed by atoms with Crippen LogP contribution < -0.4 is 15.8 Å². The van der Waals surface area contributed by atoms with E-state index < -0.39 is 11.5 Å². The molecule has 1 aromatic heterocycles. The van der Waals surface area contributed by atoms with Crippen molar-refractivity contribution in [1.82, 2.24) is 9.88 Å². The molecule has 7 heteroatoms. The number of carbonyl (C=O) groups excluding carboxylic acids is 1. The third kappa shape index (κ3) is 3.57. The van der Waals surface area contributed by atoms with Crippen LogP contribution in [0.5, 0.6) is 5.75 Å². The first kappa shape index (κ1) is 16.1. The topological polar surface area (TPSA) is 88.7 Å². The predicted octanol–water partition coefficient (Wildman–Crippen LogP) is 1.08. The van der Waals surface area contributed by atoms with E-state index in [0.717, 1.165) is 37.9 Å². The van der Waals surface area contributed by atoms with Crippen LogP contribution in [0, 0.1) is 0 Å². The Kier molecular flexibility index (Phi) is 4.52. The number of pyridine rings is 1. The van der Waals surface area contributed by atoms with Gasteiger partial charge < -0.3 is 25.2 Å². The maximum Gasteiger partial charge on any atom is 0.260 e. The van der Waals surface area contributed by atoms with Gasteiger partial charge in [0.25, 0.3) is 11.5 Å². The molecule has 0 saturated carbocycles. The van der Waals surface area contributed by atoms with Gasteiger partial charge in [0.05, 0.1) is 5.56 Å². The van der Waals surface area contributed by atoms with Crippen molar-refractivity contribution in [2.24, 2.45) is 0 Å². The summed E-state index contributed by atoms with van der Waals surface area (Å²) in [5, 5.41) is 12.4. The van der Waals surface area contributed by atoms with Crippen LogP contribution in [-0.2, 0) is 0 Å². The van der Waals surface area contributed by atoms with Gasteiger partial charge >= 0.3 is 0 Å². The second-order valence-corrected chi connectivity index (χ2v) is 5.89. The lowest BCUT2D eigenvalue weighted by molar-refractivity contribution is 0.102. The minimum Gasteiger partial charge on any atom is -0.507 e. The zero-order valence-corrected chi connectivity index (χ0v) is 13.5. The molecule has 126 valence electrons. The zero-order valence-electron chi connectivity index (χ0n) is 13.5. The zero-order chi connectivity index (χ0) is 17.1. The summed E-state index contributed by atoms with van der Waals surface area (Å²) in [7, 11) is 2.11. The number of anilines is 2. The summed E-state index contributed by atoms with van der Waals surface area (Å²) >= 11 is 0. The molecule has 0 unspecified atom stereocenters. The second-order valence-electron chi connectivity index (χ2n) is 5.89. The fourth-order valence-electron chi connectivity index (χ4n) is 2.66. The number of aromatic hydroxyl groups is 1. The largest absolute Gasteiger partial charge is 0.507 e. The summed E-state index contributed by atoms with van der Waals surface area (Å²) in [6.45, 7) is 4.02. The third-order valence-corrected chi connectivity index (χ3v) is 4.14. The number of aromatic nitrogens is 1. The van der Waals surface area contributed by atoms with E-state index in [1.54, 1.807) is 0 Å². The molecular weight excluding hydrogens is 308 g/mol. The maximum atomic E-state index is 12.2. The second kappa shape index (κ2) is 6.76. The SMILES string of the molecule is CN1CCN(c2ccc(NC(=O)c3c[nH]c(=O)cc3O)cc2)CC1.